The Labute approximate surface area is 128 Å². The molecule has 0 unspecified atom stereocenters. The van der Waals surface area contributed by atoms with Gasteiger partial charge in [-0.25, -0.2) is 0 Å². The highest BCUT2D eigenvalue weighted by atomic mass is 16.6. The predicted molar refractivity (Wildman–Crippen MR) is 84.8 cm³/mol. The molecule has 0 bridgehead atoms. The second-order valence-corrected chi connectivity index (χ2v) is 5.69. The molecule has 1 aromatic rings. The molecule has 0 aliphatic carbocycles. The van der Waals surface area contributed by atoms with Crippen LogP contribution in [0.2, 0.25) is 0 Å². The SMILES string of the molecule is CCCCC[C@@H]1CO[C@@H](c2ccc(OCCC)cc2)CO1. The Morgan fingerprint density at radius 3 is 2.43 bits per heavy atom. The summed E-state index contributed by atoms with van der Waals surface area (Å²) in [6.45, 7) is 6.47. The van der Waals surface area contributed by atoms with Gasteiger partial charge in [0.2, 0.25) is 0 Å². The molecule has 118 valence electrons. The molecule has 0 N–H and O–H groups in total. The summed E-state index contributed by atoms with van der Waals surface area (Å²) in [7, 11) is 0. The zero-order chi connectivity index (χ0) is 14.9. The van der Waals surface area contributed by atoms with E-state index in [9.17, 15) is 0 Å². The van der Waals surface area contributed by atoms with Crippen LogP contribution in [0.4, 0.5) is 0 Å². The molecular formula is C18H28O3. The average Bonchev–Trinajstić information content (AvgIpc) is 2.54. The Bertz CT molecular complexity index is 380. The Morgan fingerprint density at radius 1 is 1.00 bits per heavy atom. The Balaban J connectivity index is 1.76. The molecule has 0 saturated carbocycles. The van der Waals surface area contributed by atoms with Crippen LogP contribution in [0.3, 0.4) is 0 Å². The van der Waals surface area contributed by atoms with Gasteiger partial charge in [0.25, 0.3) is 0 Å². The van der Waals surface area contributed by atoms with Crippen LogP contribution in [0.5, 0.6) is 5.75 Å². The fourth-order valence-electron chi connectivity index (χ4n) is 2.52. The topological polar surface area (TPSA) is 27.7 Å². The first-order chi connectivity index (χ1) is 10.3. The van der Waals surface area contributed by atoms with Crippen LogP contribution < -0.4 is 4.74 Å². The van der Waals surface area contributed by atoms with E-state index in [0.29, 0.717) is 13.2 Å². The number of ether oxygens (including phenoxy) is 3. The molecule has 1 aliphatic rings. The highest BCUT2D eigenvalue weighted by molar-refractivity contribution is 5.28. The third-order valence-corrected chi connectivity index (χ3v) is 3.82. The summed E-state index contributed by atoms with van der Waals surface area (Å²) in [5, 5.41) is 0. The van der Waals surface area contributed by atoms with Gasteiger partial charge >= 0.3 is 0 Å². The number of rotatable bonds is 8. The van der Waals surface area contributed by atoms with Gasteiger partial charge in [-0.3, -0.25) is 0 Å². The molecule has 21 heavy (non-hydrogen) atoms. The molecular weight excluding hydrogens is 264 g/mol. The maximum Gasteiger partial charge on any atom is 0.119 e. The van der Waals surface area contributed by atoms with Gasteiger partial charge in [-0.05, 0) is 30.5 Å². The van der Waals surface area contributed by atoms with Gasteiger partial charge < -0.3 is 14.2 Å². The third kappa shape index (κ3) is 5.33. The highest BCUT2D eigenvalue weighted by Gasteiger charge is 2.23. The first kappa shape index (κ1) is 16.3. The summed E-state index contributed by atoms with van der Waals surface area (Å²) in [5.41, 5.74) is 1.17. The summed E-state index contributed by atoms with van der Waals surface area (Å²) in [6.07, 6.45) is 6.25. The van der Waals surface area contributed by atoms with Crippen LogP contribution >= 0.6 is 0 Å². The van der Waals surface area contributed by atoms with Gasteiger partial charge in [-0.15, -0.1) is 0 Å². The fourth-order valence-corrected chi connectivity index (χ4v) is 2.52. The molecule has 3 heteroatoms. The van der Waals surface area contributed by atoms with E-state index in [0.717, 1.165) is 25.2 Å². The van der Waals surface area contributed by atoms with Crippen LogP contribution in [0.15, 0.2) is 24.3 Å². The fraction of sp³-hybridized carbons (Fsp3) is 0.667. The molecule has 1 aromatic carbocycles. The van der Waals surface area contributed by atoms with Crippen molar-refractivity contribution in [3.63, 3.8) is 0 Å². The third-order valence-electron chi connectivity index (χ3n) is 3.82. The molecule has 0 aromatic heterocycles. The minimum absolute atomic E-state index is 0.0626. The van der Waals surface area contributed by atoms with Gasteiger partial charge in [0.15, 0.2) is 0 Å². The molecule has 2 atom stereocenters. The van der Waals surface area contributed by atoms with Crippen molar-refractivity contribution in [2.45, 2.75) is 58.2 Å². The Hall–Kier alpha value is -1.06. The molecule has 1 fully saturated rings. The standard InChI is InChI=1S/C18H28O3/c1-3-5-6-7-17-13-21-18(14-20-17)15-8-10-16(11-9-15)19-12-4-2/h8-11,17-18H,3-7,12-14H2,1-2H3/t17-,18-/m1/s1. The van der Waals surface area contributed by atoms with Gasteiger partial charge in [-0.2, -0.15) is 0 Å². The summed E-state index contributed by atoms with van der Waals surface area (Å²) >= 11 is 0. The monoisotopic (exact) mass is 292 g/mol. The first-order valence-electron chi connectivity index (χ1n) is 8.29. The average molecular weight is 292 g/mol. The molecule has 1 saturated heterocycles. The number of benzene rings is 1. The second-order valence-electron chi connectivity index (χ2n) is 5.69. The van der Waals surface area contributed by atoms with Crippen molar-refractivity contribution >= 4 is 0 Å². The van der Waals surface area contributed by atoms with E-state index >= 15 is 0 Å². The van der Waals surface area contributed by atoms with Crippen LogP contribution in [-0.2, 0) is 9.47 Å². The van der Waals surface area contributed by atoms with Gasteiger partial charge in [0, 0.05) is 0 Å². The normalized spacial score (nSPS) is 22.2. The maximum absolute atomic E-state index is 5.96. The van der Waals surface area contributed by atoms with Crippen LogP contribution in [0.25, 0.3) is 0 Å². The predicted octanol–water partition coefficient (Wildman–Crippen LogP) is 4.51. The van der Waals surface area contributed by atoms with Crippen molar-refractivity contribution in [3.8, 4) is 5.75 Å². The summed E-state index contributed by atoms with van der Waals surface area (Å²) < 4.78 is 17.5. The largest absolute Gasteiger partial charge is 0.494 e. The van der Waals surface area contributed by atoms with E-state index in [1.54, 1.807) is 0 Å². The summed E-state index contributed by atoms with van der Waals surface area (Å²) in [5.74, 6) is 0.926. The van der Waals surface area contributed by atoms with Crippen LogP contribution in [0.1, 0.15) is 57.6 Å². The molecule has 1 aliphatic heterocycles. The number of unbranched alkanes of at least 4 members (excludes halogenated alkanes) is 2. The number of hydrogen-bond donors (Lipinski definition) is 0. The van der Waals surface area contributed by atoms with Gasteiger partial charge in [0.05, 0.1) is 25.9 Å². The zero-order valence-electron chi connectivity index (χ0n) is 13.3. The number of hydrogen-bond acceptors (Lipinski definition) is 3. The molecule has 2 rings (SSSR count). The van der Waals surface area contributed by atoms with E-state index in [1.165, 1.54) is 24.8 Å². The van der Waals surface area contributed by atoms with E-state index in [-0.39, 0.29) is 12.2 Å². The van der Waals surface area contributed by atoms with Crippen molar-refractivity contribution in [2.24, 2.45) is 0 Å². The smallest absolute Gasteiger partial charge is 0.119 e. The summed E-state index contributed by atoms with van der Waals surface area (Å²) in [4.78, 5) is 0. The first-order valence-corrected chi connectivity index (χ1v) is 8.29. The minimum atomic E-state index is 0.0626. The van der Waals surface area contributed by atoms with Crippen molar-refractivity contribution < 1.29 is 14.2 Å². The lowest BCUT2D eigenvalue weighted by atomic mass is 10.1. The zero-order valence-corrected chi connectivity index (χ0v) is 13.3. The molecule has 3 nitrogen and oxygen atoms in total. The van der Waals surface area contributed by atoms with Crippen molar-refractivity contribution in [2.75, 3.05) is 19.8 Å². The minimum Gasteiger partial charge on any atom is -0.494 e. The lowest BCUT2D eigenvalue weighted by Gasteiger charge is -2.30. The molecule has 0 radical (unpaired) electrons. The van der Waals surface area contributed by atoms with Crippen molar-refractivity contribution in [1.82, 2.24) is 0 Å². The lowest BCUT2D eigenvalue weighted by Crippen LogP contribution is -2.31. The van der Waals surface area contributed by atoms with Gasteiger partial charge in [-0.1, -0.05) is 45.2 Å². The summed E-state index contributed by atoms with van der Waals surface area (Å²) in [6, 6.07) is 8.19. The van der Waals surface area contributed by atoms with Crippen molar-refractivity contribution in [1.29, 1.82) is 0 Å². The molecule has 1 heterocycles. The van der Waals surface area contributed by atoms with Crippen molar-refractivity contribution in [3.05, 3.63) is 29.8 Å². The molecule has 0 spiro atoms. The van der Waals surface area contributed by atoms with E-state index in [2.05, 4.69) is 26.0 Å². The van der Waals surface area contributed by atoms with E-state index < -0.39 is 0 Å². The second kappa shape index (κ2) is 9.06. The Kier molecular flexibility index (Phi) is 7.04. The van der Waals surface area contributed by atoms with Crippen LogP contribution in [-0.4, -0.2) is 25.9 Å². The van der Waals surface area contributed by atoms with E-state index in [1.807, 2.05) is 12.1 Å². The maximum atomic E-state index is 5.96. The van der Waals surface area contributed by atoms with E-state index in [4.69, 9.17) is 14.2 Å². The highest BCUT2D eigenvalue weighted by Crippen LogP contribution is 2.26. The van der Waals surface area contributed by atoms with Crippen LogP contribution in [0, 0.1) is 0 Å². The lowest BCUT2D eigenvalue weighted by molar-refractivity contribution is -0.137. The quantitative estimate of drug-likeness (QED) is 0.660. The van der Waals surface area contributed by atoms with Gasteiger partial charge in [0.1, 0.15) is 11.9 Å². The Morgan fingerprint density at radius 2 is 1.81 bits per heavy atom. The molecule has 0 amide bonds.